The minimum atomic E-state index is -0.392. The maximum atomic E-state index is 11.9. The molecule has 0 spiro atoms. The van der Waals surface area contributed by atoms with Crippen LogP contribution in [0, 0.1) is 10.8 Å². The highest BCUT2D eigenvalue weighted by atomic mass is 16.5. The quantitative estimate of drug-likeness (QED) is 0.574. The molecule has 0 rings (SSSR count). The second-order valence-corrected chi connectivity index (χ2v) is 6.58. The lowest BCUT2D eigenvalue weighted by Gasteiger charge is -2.34. The van der Waals surface area contributed by atoms with Gasteiger partial charge in [-0.05, 0) is 40.0 Å². The summed E-state index contributed by atoms with van der Waals surface area (Å²) in [6, 6.07) is 0. The summed E-state index contributed by atoms with van der Waals surface area (Å²) in [7, 11) is 0. The van der Waals surface area contributed by atoms with Gasteiger partial charge in [-0.3, -0.25) is 4.79 Å². The van der Waals surface area contributed by atoms with Crippen LogP contribution in [0.5, 0.6) is 0 Å². The number of hydrogen-bond acceptors (Lipinski definition) is 2. The number of carbonyl (C=O) groups excluding carboxylic acids is 1. The van der Waals surface area contributed by atoms with E-state index in [2.05, 4.69) is 20.8 Å². The van der Waals surface area contributed by atoms with Gasteiger partial charge in [0.25, 0.3) is 0 Å². The second kappa shape index (κ2) is 7.81. The molecule has 0 N–H and O–H groups in total. The molecule has 2 nitrogen and oxygen atoms in total. The van der Waals surface area contributed by atoms with E-state index in [1.54, 1.807) is 0 Å². The Balaban J connectivity index is 4.61. The third-order valence-corrected chi connectivity index (χ3v) is 3.46. The number of carbonyl (C=O) groups is 1. The minimum absolute atomic E-state index is 0.0739. The summed E-state index contributed by atoms with van der Waals surface area (Å²) < 4.78 is 5.59. The first-order chi connectivity index (χ1) is 8.31. The molecule has 0 aromatic heterocycles. The zero-order valence-electron chi connectivity index (χ0n) is 13.3. The normalized spacial score (nSPS) is 12.6. The van der Waals surface area contributed by atoms with Gasteiger partial charge in [-0.25, -0.2) is 0 Å². The SMILES string of the molecule is CCCC(CCC)(CCC)COC(=O)C(C)(C)C. The van der Waals surface area contributed by atoms with E-state index in [0.717, 1.165) is 38.5 Å². The maximum Gasteiger partial charge on any atom is 0.311 e. The smallest absolute Gasteiger partial charge is 0.311 e. The van der Waals surface area contributed by atoms with Gasteiger partial charge in [0.1, 0.15) is 0 Å². The van der Waals surface area contributed by atoms with Crippen molar-refractivity contribution in [1.82, 2.24) is 0 Å². The van der Waals surface area contributed by atoms with Gasteiger partial charge >= 0.3 is 5.97 Å². The molecular weight excluding hydrogens is 224 g/mol. The van der Waals surface area contributed by atoms with Gasteiger partial charge in [0.05, 0.1) is 12.0 Å². The van der Waals surface area contributed by atoms with Gasteiger partial charge in [-0.1, -0.05) is 40.0 Å². The van der Waals surface area contributed by atoms with Crippen molar-refractivity contribution in [3.8, 4) is 0 Å². The van der Waals surface area contributed by atoms with Crippen molar-refractivity contribution in [3.63, 3.8) is 0 Å². The lowest BCUT2D eigenvalue weighted by atomic mass is 9.76. The van der Waals surface area contributed by atoms with Crippen LogP contribution in [0.15, 0.2) is 0 Å². The molecule has 2 heteroatoms. The Bertz CT molecular complexity index is 221. The number of rotatable bonds is 8. The number of esters is 1. The Morgan fingerprint density at radius 2 is 1.28 bits per heavy atom. The highest BCUT2D eigenvalue weighted by Crippen LogP contribution is 2.36. The van der Waals surface area contributed by atoms with E-state index in [9.17, 15) is 4.79 Å². The Morgan fingerprint density at radius 1 is 0.889 bits per heavy atom. The van der Waals surface area contributed by atoms with Crippen LogP contribution in [0.3, 0.4) is 0 Å². The minimum Gasteiger partial charge on any atom is -0.465 e. The molecule has 0 amide bonds. The molecule has 0 aliphatic heterocycles. The topological polar surface area (TPSA) is 26.3 Å². The van der Waals surface area contributed by atoms with Crippen molar-refractivity contribution in [2.75, 3.05) is 6.61 Å². The van der Waals surface area contributed by atoms with E-state index < -0.39 is 5.41 Å². The summed E-state index contributed by atoms with van der Waals surface area (Å²) in [5.74, 6) is -0.0739. The monoisotopic (exact) mass is 256 g/mol. The summed E-state index contributed by atoms with van der Waals surface area (Å²) in [5.41, 5.74) is -0.185. The van der Waals surface area contributed by atoms with Crippen LogP contribution in [0.2, 0.25) is 0 Å². The van der Waals surface area contributed by atoms with Crippen LogP contribution in [-0.4, -0.2) is 12.6 Å². The van der Waals surface area contributed by atoms with Gasteiger partial charge in [-0.2, -0.15) is 0 Å². The molecule has 0 aromatic carbocycles. The Labute approximate surface area is 113 Å². The lowest BCUT2D eigenvalue weighted by molar-refractivity contribution is -0.157. The van der Waals surface area contributed by atoms with Gasteiger partial charge in [-0.15, -0.1) is 0 Å². The van der Waals surface area contributed by atoms with Crippen molar-refractivity contribution in [2.24, 2.45) is 10.8 Å². The fourth-order valence-electron chi connectivity index (χ4n) is 2.62. The molecule has 0 saturated carbocycles. The van der Waals surface area contributed by atoms with Crippen molar-refractivity contribution in [1.29, 1.82) is 0 Å². The molecule has 0 radical (unpaired) electrons. The van der Waals surface area contributed by atoms with E-state index in [0.29, 0.717) is 6.61 Å². The molecule has 0 aliphatic carbocycles. The Morgan fingerprint density at radius 3 is 1.56 bits per heavy atom. The fourth-order valence-corrected chi connectivity index (χ4v) is 2.62. The van der Waals surface area contributed by atoms with E-state index in [1.807, 2.05) is 20.8 Å². The summed E-state index contributed by atoms with van der Waals surface area (Å²) in [6.45, 7) is 13.0. The molecule has 0 bridgehead atoms. The fraction of sp³-hybridized carbons (Fsp3) is 0.938. The predicted octanol–water partition coefficient (Wildman–Crippen LogP) is 4.96. The van der Waals surface area contributed by atoms with Crippen molar-refractivity contribution in [2.45, 2.75) is 80.1 Å². The average molecular weight is 256 g/mol. The standard InChI is InChI=1S/C16H32O2/c1-7-10-16(11-8-2,12-9-3)13-18-14(17)15(4,5)6/h7-13H2,1-6H3. The van der Waals surface area contributed by atoms with Crippen LogP contribution in [0.25, 0.3) is 0 Å². The van der Waals surface area contributed by atoms with Crippen LogP contribution in [-0.2, 0) is 9.53 Å². The second-order valence-electron chi connectivity index (χ2n) is 6.58. The van der Waals surface area contributed by atoms with E-state index in [-0.39, 0.29) is 11.4 Å². The van der Waals surface area contributed by atoms with Crippen molar-refractivity contribution >= 4 is 5.97 Å². The van der Waals surface area contributed by atoms with Crippen LogP contribution in [0.4, 0.5) is 0 Å². The van der Waals surface area contributed by atoms with Crippen molar-refractivity contribution < 1.29 is 9.53 Å². The third kappa shape index (κ3) is 5.88. The summed E-state index contributed by atoms with van der Waals surface area (Å²) in [6.07, 6.45) is 6.96. The Hall–Kier alpha value is -0.530. The van der Waals surface area contributed by atoms with Crippen LogP contribution < -0.4 is 0 Å². The number of ether oxygens (including phenoxy) is 1. The molecule has 108 valence electrons. The maximum absolute atomic E-state index is 11.9. The first-order valence-electron chi connectivity index (χ1n) is 7.48. The van der Waals surface area contributed by atoms with Gasteiger partial charge in [0.15, 0.2) is 0 Å². The molecule has 18 heavy (non-hydrogen) atoms. The van der Waals surface area contributed by atoms with E-state index in [4.69, 9.17) is 4.74 Å². The van der Waals surface area contributed by atoms with Crippen LogP contribution >= 0.6 is 0 Å². The lowest BCUT2D eigenvalue weighted by Crippen LogP contribution is -2.32. The summed E-state index contributed by atoms with van der Waals surface area (Å²) in [4.78, 5) is 11.9. The van der Waals surface area contributed by atoms with Gasteiger partial charge < -0.3 is 4.74 Å². The predicted molar refractivity (Wildman–Crippen MR) is 77.6 cm³/mol. The largest absolute Gasteiger partial charge is 0.465 e. The first kappa shape index (κ1) is 17.5. The zero-order chi connectivity index (χ0) is 14.2. The van der Waals surface area contributed by atoms with Gasteiger partial charge in [0.2, 0.25) is 0 Å². The van der Waals surface area contributed by atoms with Gasteiger partial charge in [0, 0.05) is 5.41 Å². The highest BCUT2D eigenvalue weighted by molar-refractivity contribution is 5.75. The molecule has 0 unspecified atom stereocenters. The molecular formula is C16H32O2. The molecule has 0 atom stereocenters. The third-order valence-electron chi connectivity index (χ3n) is 3.46. The molecule has 0 aliphatic rings. The molecule has 0 aromatic rings. The number of hydrogen-bond donors (Lipinski definition) is 0. The average Bonchev–Trinajstić information content (AvgIpc) is 2.25. The Kier molecular flexibility index (Phi) is 7.58. The zero-order valence-corrected chi connectivity index (χ0v) is 13.3. The molecule has 0 fully saturated rings. The van der Waals surface area contributed by atoms with Crippen LogP contribution in [0.1, 0.15) is 80.1 Å². The van der Waals surface area contributed by atoms with Crippen molar-refractivity contribution in [3.05, 3.63) is 0 Å². The van der Waals surface area contributed by atoms with E-state index >= 15 is 0 Å². The molecule has 0 saturated heterocycles. The van der Waals surface area contributed by atoms with E-state index in [1.165, 1.54) is 0 Å². The summed E-state index contributed by atoms with van der Waals surface area (Å²) in [5, 5.41) is 0. The summed E-state index contributed by atoms with van der Waals surface area (Å²) >= 11 is 0. The highest BCUT2D eigenvalue weighted by Gasteiger charge is 2.31. The first-order valence-corrected chi connectivity index (χ1v) is 7.48. The molecule has 0 heterocycles.